The highest BCUT2D eigenvalue weighted by molar-refractivity contribution is 7.90. The van der Waals surface area contributed by atoms with Gasteiger partial charge in [-0.3, -0.25) is 0 Å². The standard InChI is InChI=1S/C13H18N4O2S/c1-9(2)17-12(8-14)15-16-13(17)10-4-6-11(7-5-10)20(3,18)19/h4-7,9H,8,14H2,1-3H3. The SMILES string of the molecule is CC(C)n1c(CN)nnc1-c1ccc(S(C)(=O)=O)cc1. The van der Waals surface area contributed by atoms with Gasteiger partial charge in [-0.25, -0.2) is 8.42 Å². The molecule has 7 heteroatoms. The van der Waals surface area contributed by atoms with Crippen molar-refractivity contribution >= 4 is 9.84 Å². The lowest BCUT2D eigenvalue weighted by molar-refractivity contribution is 0.574. The van der Waals surface area contributed by atoms with Gasteiger partial charge in [-0.2, -0.15) is 0 Å². The quantitative estimate of drug-likeness (QED) is 0.920. The second-order valence-corrected chi connectivity index (χ2v) is 6.92. The summed E-state index contributed by atoms with van der Waals surface area (Å²) in [6.07, 6.45) is 1.19. The lowest BCUT2D eigenvalue weighted by atomic mass is 10.2. The van der Waals surface area contributed by atoms with Crippen LogP contribution in [-0.4, -0.2) is 29.4 Å². The summed E-state index contributed by atoms with van der Waals surface area (Å²) >= 11 is 0. The van der Waals surface area contributed by atoms with Crippen LogP contribution in [0, 0.1) is 0 Å². The number of benzene rings is 1. The third-order valence-corrected chi connectivity index (χ3v) is 4.13. The van der Waals surface area contributed by atoms with Gasteiger partial charge in [-0.05, 0) is 38.1 Å². The van der Waals surface area contributed by atoms with Gasteiger partial charge < -0.3 is 10.3 Å². The first-order valence-corrected chi connectivity index (χ1v) is 8.18. The molecule has 6 nitrogen and oxygen atoms in total. The molecule has 0 spiro atoms. The number of aromatic nitrogens is 3. The van der Waals surface area contributed by atoms with Crippen molar-refractivity contribution in [2.75, 3.05) is 6.26 Å². The Labute approximate surface area is 118 Å². The molecule has 0 unspecified atom stereocenters. The van der Waals surface area contributed by atoms with Crippen LogP contribution in [0.3, 0.4) is 0 Å². The van der Waals surface area contributed by atoms with Gasteiger partial charge in [0.1, 0.15) is 5.82 Å². The van der Waals surface area contributed by atoms with E-state index in [1.165, 1.54) is 6.26 Å². The van der Waals surface area contributed by atoms with Crippen molar-refractivity contribution in [3.63, 3.8) is 0 Å². The average Bonchev–Trinajstić information content (AvgIpc) is 2.81. The summed E-state index contributed by atoms with van der Waals surface area (Å²) in [5.41, 5.74) is 6.48. The van der Waals surface area contributed by atoms with Crippen molar-refractivity contribution in [1.29, 1.82) is 0 Å². The molecule has 20 heavy (non-hydrogen) atoms. The zero-order chi connectivity index (χ0) is 14.9. The molecule has 1 aromatic heterocycles. The molecule has 0 aliphatic rings. The number of hydrogen-bond donors (Lipinski definition) is 1. The highest BCUT2D eigenvalue weighted by Gasteiger charge is 2.16. The third kappa shape index (κ3) is 2.73. The minimum Gasteiger partial charge on any atom is -0.324 e. The first kappa shape index (κ1) is 14.7. The Kier molecular flexibility index (Phi) is 3.92. The lowest BCUT2D eigenvalue weighted by Gasteiger charge is -2.13. The maximum absolute atomic E-state index is 11.5. The second-order valence-electron chi connectivity index (χ2n) is 4.90. The zero-order valence-corrected chi connectivity index (χ0v) is 12.6. The summed E-state index contributed by atoms with van der Waals surface area (Å²) in [5, 5.41) is 8.23. The molecule has 2 N–H and O–H groups in total. The van der Waals surface area contributed by atoms with Gasteiger partial charge in [-0.1, -0.05) is 0 Å². The number of nitrogens with zero attached hydrogens (tertiary/aromatic N) is 3. The topological polar surface area (TPSA) is 90.9 Å². The van der Waals surface area contributed by atoms with Crippen molar-refractivity contribution in [3.8, 4) is 11.4 Å². The molecule has 0 saturated carbocycles. The maximum Gasteiger partial charge on any atom is 0.175 e. The van der Waals surface area contributed by atoms with Crippen molar-refractivity contribution in [1.82, 2.24) is 14.8 Å². The molecule has 0 amide bonds. The summed E-state index contributed by atoms with van der Waals surface area (Å²) in [7, 11) is -3.19. The van der Waals surface area contributed by atoms with Crippen molar-refractivity contribution < 1.29 is 8.42 Å². The van der Waals surface area contributed by atoms with Crippen molar-refractivity contribution in [3.05, 3.63) is 30.1 Å². The van der Waals surface area contributed by atoms with Crippen LogP contribution < -0.4 is 5.73 Å². The molecule has 1 heterocycles. The predicted octanol–water partition coefficient (Wildman–Crippen LogP) is 1.39. The number of sulfone groups is 1. The summed E-state index contributed by atoms with van der Waals surface area (Å²) in [6.45, 7) is 4.36. The summed E-state index contributed by atoms with van der Waals surface area (Å²) in [4.78, 5) is 0.288. The van der Waals surface area contributed by atoms with Gasteiger partial charge in [0, 0.05) is 17.9 Å². The van der Waals surface area contributed by atoms with Gasteiger partial charge in [-0.15, -0.1) is 10.2 Å². The van der Waals surface area contributed by atoms with Crippen LogP contribution in [0.1, 0.15) is 25.7 Å². The minimum atomic E-state index is -3.19. The van der Waals surface area contributed by atoms with E-state index in [0.29, 0.717) is 18.2 Å². The highest BCUT2D eigenvalue weighted by atomic mass is 32.2. The van der Waals surface area contributed by atoms with Crippen LogP contribution in [0.15, 0.2) is 29.2 Å². The van der Waals surface area contributed by atoms with E-state index in [0.717, 1.165) is 5.56 Å². The lowest BCUT2D eigenvalue weighted by Crippen LogP contribution is -2.11. The fraction of sp³-hybridized carbons (Fsp3) is 0.385. The van der Waals surface area contributed by atoms with Gasteiger partial charge in [0.2, 0.25) is 0 Å². The van der Waals surface area contributed by atoms with Crippen LogP contribution >= 0.6 is 0 Å². The van der Waals surface area contributed by atoms with Crippen LogP contribution in [0.2, 0.25) is 0 Å². The van der Waals surface area contributed by atoms with Crippen LogP contribution in [0.4, 0.5) is 0 Å². The number of hydrogen-bond acceptors (Lipinski definition) is 5. The Bertz CT molecular complexity index is 702. The van der Waals surface area contributed by atoms with Crippen molar-refractivity contribution in [2.45, 2.75) is 31.3 Å². The largest absolute Gasteiger partial charge is 0.324 e. The molecule has 0 atom stereocenters. The summed E-state index contributed by atoms with van der Waals surface area (Å²) < 4.78 is 24.9. The Morgan fingerprint density at radius 2 is 1.80 bits per heavy atom. The van der Waals surface area contributed by atoms with E-state index in [4.69, 9.17) is 5.73 Å². The summed E-state index contributed by atoms with van der Waals surface area (Å²) in [5.74, 6) is 1.41. The Balaban J connectivity index is 2.50. The average molecular weight is 294 g/mol. The van der Waals surface area contributed by atoms with E-state index in [1.807, 2.05) is 18.4 Å². The second kappa shape index (κ2) is 5.34. The molecule has 0 saturated heterocycles. The van der Waals surface area contributed by atoms with E-state index in [9.17, 15) is 8.42 Å². The van der Waals surface area contributed by atoms with E-state index in [1.54, 1.807) is 24.3 Å². The predicted molar refractivity (Wildman–Crippen MR) is 76.8 cm³/mol. The molecule has 108 valence electrons. The Hall–Kier alpha value is -1.73. The normalized spacial score (nSPS) is 12.1. The van der Waals surface area contributed by atoms with Gasteiger partial charge in [0.15, 0.2) is 15.7 Å². The first-order chi connectivity index (χ1) is 9.34. The molecular formula is C13H18N4O2S. The third-order valence-electron chi connectivity index (χ3n) is 3.01. The molecule has 0 aliphatic heterocycles. The zero-order valence-electron chi connectivity index (χ0n) is 11.7. The highest BCUT2D eigenvalue weighted by Crippen LogP contribution is 2.23. The summed E-state index contributed by atoms with van der Waals surface area (Å²) in [6, 6.07) is 6.80. The molecule has 2 rings (SSSR count). The van der Waals surface area contributed by atoms with E-state index < -0.39 is 9.84 Å². The van der Waals surface area contributed by atoms with E-state index in [2.05, 4.69) is 10.2 Å². The number of nitrogens with two attached hydrogens (primary N) is 1. The molecule has 0 aliphatic carbocycles. The Morgan fingerprint density at radius 1 is 1.20 bits per heavy atom. The molecule has 2 aromatic rings. The van der Waals surface area contributed by atoms with E-state index >= 15 is 0 Å². The van der Waals surface area contributed by atoms with Gasteiger partial charge >= 0.3 is 0 Å². The molecule has 0 bridgehead atoms. The van der Waals surface area contributed by atoms with Gasteiger partial charge in [0.25, 0.3) is 0 Å². The monoisotopic (exact) mass is 294 g/mol. The van der Waals surface area contributed by atoms with E-state index in [-0.39, 0.29) is 10.9 Å². The molecule has 0 fully saturated rings. The number of rotatable bonds is 4. The molecule has 0 radical (unpaired) electrons. The van der Waals surface area contributed by atoms with Crippen molar-refractivity contribution in [2.24, 2.45) is 5.73 Å². The van der Waals surface area contributed by atoms with Crippen LogP contribution in [-0.2, 0) is 16.4 Å². The smallest absolute Gasteiger partial charge is 0.175 e. The molecular weight excluding hydrogens is 276 g/mol. The fourth-order valence-corrected chi connectivity index (χ4v) is 2.68. The first-order valence-electron chi connectivity index (χ1n) is 6.29. The van der Waals surface area contributed by atoms with Crippen LogP contribution in [0.5, 0.6) is 0 Å². The molecule has 1 aromatic carbocycles. The van der Waals surface area contributed by atoms with Gasteiger partial charge in [0.05, 0.1) is 11.4 Å². The fourth-order valence-electron chi connectivity index (χ4n) is 2.05. The van der Waals surface area contributed by atoms with Crippen LogP contribution in [0.25, 0.3) is 11.4 Å². The Morgan fingerprint density at radius 3 is 2.25 bits per heavy atom. The maximum atomic E-state index is 11.5. The minimum absolute atomic E-state index is 0.174.